The number of hydrogen-bond donors (Lipinski definition) is 0. The van der Waals surface area contributed by atoms with Crippen LogP contribution in [0.2, 0.25) is 0 Å². The summed E-state index contributed by atoms with van der Waals surface area (Å²) in [5.74, 6) is 1.14. The standard InChI is InChI=1S/C18H20Cl2/c1-15-7-9-17(10-8-15)12-18(13-19,14-20)11-16-5-3-2-4-6-16/h2-10H,11-14H2,1H3. The molecule has 106 valence electrons. The van der Waals surface area contributed by atoms with E-state index in [0.29, 0.717) is 11.8 Å². The van der Waals surface area contributed by atoms with Gasteiger partial charge in [0.15, 0.2) is 0 Å². The SMILES string of the molecule is Cc1ccc(CC(CCl)(CCl)Cc2ccccc2)cc1. The van der Waals surface area contributed by atoms with Gasteiger partial charge in [-0.05, 0) is 30.9 Å². The summed E-state index contributed by atoms with van der Waals surface area (Å²) in [4.78, 5) is 0. The van der Waals surface area contributed by atoms with Gasteiger partial charge in [-0.15, -0.1) is 23.2 Å². The lowest BCUT2D eigenvalue weighted by atomic mass is 9.79. The third-order valence-electron chi connectivity index (χ3n) is 3.69. The molecule has 0 aliphatic carbocycles. The van der Waals surface area contributed by atoms with Gasteiger partial charge in [0.25, 0.3) is 0 Å². The quantitative estimate of drug-likeness (QED) is 0.640. The van der Waals surface area contributed by atoms with Crippen LogP contribution < -0.4 is 0 Å². The van der Waals surface area contributed by atoms with Crippen molar-refractivity contribution in [3.63, 3.8) is 0 Å². The van der Waals surface area contributed by atoms with Crippen molar-refractivity contribution in [1.29, 1.82) is 0 Å². The number of benzene rings is 2. The van der Waals surface area contributed by atoms with E-state index >= 15 is 0 Å². The highest BCUT2D eigenvalue weighted by atomic mass is 35.5. The highest BCUT2D eigenvalue weighted by Gasteiger charge is 2.29. The molecule has 0 aliphatic heterocycles. The summed E-state index contributed by atoms with van der Waals surface area (Å²) in [5.41, 5.74) is 3.78. The first-order chi connectivity index (χ1) is 9.67. The first-order valence-corrected chi connectivity index (χ1v) is 7.96. The Labute approximate surface area is 131 Å². The Morgan fingerprint density at radius 2 is 1.25 bits per heavy atom. The van der Waals surface area contributed by atoms with Gasteiger partial charge < -0.3 is 0 Å². The average molecular weight is 307 g/mol. The summed E-state index contributed by atoms with van der Waals surface area (Å²) in [6, 6.07) is 19.1. The molecule has 0 amide bonds. The molecule has 2 aromatic rings. The van der Waals surface area contributed by atoms with Crippen LogP contribution in [0, 0.1) is 12.3 Å². The smallest absolute Gasteiger partial charge is 0.0297 e. The van der Waals surface area contributed by atoms with Gasteiger partial charge in [-0.2, -0.15) is 0 Å². The third-order valence-corrected chi connectivity index (χ3v) is 4.82. The normalized spacial score (nSPS) is 11.6. The number of halogens is 2. The van der Waals surface area contributed by atoms with E-state index in [1.54, 1.807) is 0 Å². The Hall–Kier alpha value is -0.980. The Kier molecular flexibility index (Phi) is 5.51. The van der Waals surface area contributed by atoms with Crippen molar-refractivity contribution < 1.29 is 0 Å². The molecule has 0 radical (unpaired) electrons. The second-order valence-corrected chi connectivity index (χ2v) is 6.13. The van der Waals surface area contributed by atoms with Crippen LogP contribution in [0.1, 0.15) is 16.7 Å². The van der Waals surface area contributed by atoms with Crippen molar-refractivity contribution in [3.8, 4) is 0 Å². The molecule has 20 heavy (non-hydrogen) atoms. The summed E-state index contributed by atoms with van der Waals surface area (Å²) >= 11 is 12.5. The molecule has 2 aromatic carbocycles. The van der Waals surface area contributed by atoms with Crippen molar-refractivity contribution in [2.24, 2.45) is 5.41 Å². The monoisotopic (exact) mass is 306 g/mol. The van der Waals surface area contributed by atoms with E-state index in [1.165, 1.54) is 16.7 Å². The number of alkyl halides is 2. The van der Waals surface area contributed by atoms with Gasteiger partial charge in [0.1, 0.15) is 0 Å². The fourth-order valence-corrected chi connectivity index (χ4v) is 3.12. The van der Waals surface area contributed by atoms with E-state index in [9.17, 15) is 0 Å². The minimum absolute atomic E-state index is 0.0836. The molecule has 2 heteroatoms. The zero-order valence-electron chi connectivity index (χ0n) is 11.8. The van der Waals surface area contributed by atoms with E-state index in [4.69, 9.17) is 23.2 Å². The minimum atomic E-state index is -0.0836. The van der Waals surface area contributed by atoms with E-state index in [1.807, 2.05) is 6.07 Å². The van der Waals surface area contributed by atoms with Crippen molar-refractivity contribution in [3.05, 3.63) is 71.3 Å². The molecule has 0 unspecified atom stereocenters. The van der Waals surface area contributed by atoms with Crippen molar-refractivity contribution in [1.82, 2.24) is 0 Å². The molecule has 0 N–H and O–H groups in total. The van der Waals surface area contributed by atoms with Crippen LogP contribution in [0.25, 0.3) is 0 Å². The number of aryl methyl sites for hydroxylation is 1. The minimum Gasteiger partial charge on any atom is -0.126 e. The summed E-state index contributed by atoms with van der Waals surface area (Å²) in [7, 11) is 0. The van der Waals surface area contributed by atoms with Gasteiger partial charge in [0.2, 0.25) is 0 Å². The predicted octanol–water partition coefficient (Wildman–Crippen LogP) is 5.24. The molecule has 0 nitrogen and oxygen atoms in total. The van der Waals surface area contributed by atoms with E-state index in [-0.39, 0.29) is 5.41 Å². The highest BCUT2D eigenvalue weighted by molar-refractivity contribution is 6.21. The largest absolute Gasteiger partial charge is 0.126 e. The van der Waals surface area contributed by atoms with Crippen LogP contribution in [0.4, 0.5) is 0 Å². The molecule has 0 aromatic heterocycles. The molecule has 2 rings (SSSR count). The lowest BCUT2D eigenvalue weighted by Gasteiger charge is -2.30. The van der Waals surface area contributed by atoms with Crippen LogP contribution in [-0.2, 0) is 12.8 Å². The van der Waals surface area contributed by atoms with Gasteiger partial charge in [0, 0.05) is 17.2 Å². The summed E-state index contributed by atoms with van der Waals surface area (Å²) in [6.45, 7) is 2.10. The molecule has 0 atom stereocenters. The fraction of sp³-hybridized carbons (Fsp3) is 0.333. The van der Waals surface area contributed by atoms with Gasteiger partial charge >= 0.3 is 0 Å². The van der Waals surface area contributed by atoms with Crippen LogP contribution in [0.3, 0.4) is 0 Å². The van der Waals surface area contributed by atoms with Gasteiger partial charge in [-0.25, -0.2) is 0 Å². The zero-order valence-corrected chi connectivity index (χ0v) is 13.3. The predicted molar refractivity (Wildman–Crippen MR) is 88.9 cm³/mol. The van der Waals surface area contributed by atoms with Gasteiger partial charge in [-0.3, -0.25) is 0 Å². The lowest BCUT2D eigenvalue weighted by molar-refractivity contribution is 0.374. The third kappa shape index (κ3) is 4.01. The van der Waals surface area contributed by atoms with Crippen molar-refractivity contribution >= 4 is 23.2 Å². The molecule has 0 spiro atoms. The van der Waals surface area contributed by atoms with Gasteiger partial charge in [0.05, 0.1) is 0 Å². The van der Waals surface area contributed by atoms with E-state index in [2.05, 4.69) is 55.5 Å². The molecular formula is C18H20Cl2. The molecule has 0 bridgehead atoms. The van der Waals surface area contributed by atoms with Crippen molar-refractivity contribution in [2.75, 3.05) is 11.8 Å². The Morgan fingerprint density at radius 3 is 1.75 bits per heavy atom. The fourth-order valence-electron chi connectivity index (χ4n) is 2.46. The average Bonchev–Trinajstić information content (AvgIpc) is 2.50. The van der Waals surface area contributed by atoms with Crippen LogP contribution in [0.5, 0.6) is 0 Å². The summed E-state index contributed by atoms with van der Waals surface area (Å²) < 4.78 is 0. The maximum absolute atomic E-state index is 6.27. The lowest BCUT2D eigenvalue weighted by Crippen LogP contribution is -2.30. The first-order valence-electron chi connectivity index (χ1n) is 6.89. The molecule has 0 saturated heterocycles. The van der Waals surface area contributed by atoms with Crippen LogP contribution in [-0.4, -0.2) is 11.8 Å². The zero-order chi connectivity index (χ0) is 14.4. The first kappa shape index (κ1) is 15.4. The summed E-state index contributed by atoms with van der Waals surface area (Å²) in [5, 5.41) is 0. The maximum atomic E-state index is 6.27. The Morgan fingerprint density at radius 1 is 0.750 bits per heavy atom. The maximum Gasteiger partial charge on any atom is 0.0297 e. The number of hydrogen-bond acceptors (Lipinski definition) is 0. The van der Waals surface area contributed by atoms with Gasteiger partial charge in [-0.1, -0.05) is 60.2 Å². The van der Waals surface area contributed by atoms with E-state index < -0.39 is 0 Å². The molecule has 0 aliphatic rings. The molecule has 0 fully saturated rings. The second kappa shape index (κ2) is 7.15. The van der Waals surface area contributed by atoms with Crippen LogP contribution in [0.15, 0.2) is 54.6 Å². The van der Waals surface area contributed by atoms with Crippen molar-refractivity contribution in [2.45, 2.75) is 19.8 Å². The number of rotatable bonds is 6. The Bertz CT molecular complexity index is 513. The molecule has 0 heterocycles. The Balaban J connectivity index is 2.18. The second-order valence-electron chi connectivity index (χ2n) is 5.59. The topological polar surface area (TPSA) is 0 Å². The molecule has 0 saturated carbocycles. The summed E-state index contributed by atoms with van der Waals surface area (Å²) in [6.07, 6.45) is 1.82. The molecular weight excluding hydrogens is 287 g/mol. The van der Waals surface area contributed by atoms with Crippen LogP contribution >= 0.6 is 23.2 Å². The van der Waals surface area contributed by atoms with E-state index in [0.717, 1.165) is 12.8 Å². The highest BCUT2D eigenvalue weighted by Crippen LogP contribution is 2.31.